The number of anilines is 1. The average molecular weight is 331 g/mol. The van der Waals surface area contributed by atoms with Crippen molar-refractivity contribution in [3.63, 3.8) is 0 Å². The van der Waals surface area contributed by atoms with E-state index in [0.717, 1.165) is 0 Å². The molecule has 2 aromatic heterocycles. The van der Waals surface area contributed by atoms with Crippen molar-refractivity contribution in [3.8, 4) is 0 Å². The van der Waals surface area contributed by atoms with Crippen LogP contribution in [0.5, 0.6) is 0 Å². The SMILES string of the molecule is O=C([C@H]1CCN(c2nccn3ncnc23)C[C@@H]1F)N1CC=NCC1. The molecule has 8 nitrogen and oxygen atoms in total. The number of halogens is 1. The highest BCUT2D eigenvalue weighted by Crippen LogP contribution is 2.27. The van der Waals surface area contributed by atoms with Crippen LogP contribution in [-0.4, -0.2) is 75.5 Å². The summed E-state index contributed by atoms with van der Waals surface area (Å²) in [6.07, 6.45) is 5.72. The van der Waals surface area contributed by atoms with Crippen molar-refractivity contribution in [2.45, 2.75) is 12.6 Å². The number of aromatic nitrogens is 4. The van der Waals surface area contributed by atoms with E-state index in [9.17, 15) is 9.18 Å². The van der Waals surface area contributed by atoms with Crippen molar-refractivity contribution in [2.24, 2.45) is 10.9 Å². The lowest BCUT2D eigenvalue weighted by molar-refractivity contribution is -0.137. The number of alkyl halides is 1. The van der Waals surface area contributed by atoms with E-state index in [1.54, 1.807) is 28.0 Å². The van der Waals surface area contributed by atoms with Crippen LogP contribution in [0.4, 0.5) is 10.2 Å². The molecule has 2 aliphatic rings. The van der Waals surface area contributed by atoms with Crippen molar-refractivity contribution in [1.82, 2.24) is 24.5 Å². The lowest BCUT2D eigenvalue weighted by Gasteiger charge is -2.37. The van der Waals surface area contributed by atoms with E-state index >= 15 is 0 Å². The first-order valence-electron chi connectivity index (χ1n) is 8.04. The number of nitrogens with zero attached hydrogens (tertiary/aromatic N) is 7. The van der Waals surface area contributed by atoms with E-state index in [-0.39, 0.29) is 12.5 Å². The summed E-state index contributed by atoms with van der Waals surface area (Å²) in [6, 6.07) is 0. The maximum Gasteiger partial charge on any atom is 0.229 e. The van der Waals surface area contributed by atoms with Crippen LogP contribution in [-0.2, 0) is 4.79 Å². The number of carbonyl (C=O) groups excluding carboxylic acids is 1. The third-order valence-electron chi connectivity index (χ3n) is 4.58. The molecule has 0 radical (unpaired) electrons. The van der Waals surface area contributed by atoms with Crippen LogP contribution in [0.25, 0.3) is 5.65 Å². The normalized spacial score (nSPS) is 24.5. The minimum atomic E-state index is -1.23. The van der Waals surface area contributed by atoms with Gasteiger partial charge in [-0.3, -0.25) is 9.79 Å². The molecule has 0 N–H and O–H groups in total. The van der Waals surface area contributed by atoms with Crippen molar-refractivity contribution < 1.29 is 9.18 Å². The van der Waals surface area contributed by atoms with Crippen LogP contribution < -0.4 is 4.90 Å². The van der Waals surface area contributed by atoms with Gasteiger partial charge in [0, 0.05) is 31.7 Å². The molecule has 1 amide bonds. The molecular formula is C15H18FN7O. The number of carbonyl (C=O) groups is 1. The number of aliphatic imine (C=N–C) groups is 1. The summed E-state index contributed by atoms with van der Waals surface area (Å²) < 4.78 is 16.3. The molecule has 0 unspecified atom stereocenters. The lowest BCUT2D eigenvalue weighted by Crippen LogP contribution is -2.50. The summed E-state index contributed by atoms with van der Waals surface area (Å²) in [4.78, 5) is 28.7. The second-order valence-corrected chi connectivity index (χ2v) is 6.01. The molecule has 4 rings (SSSR count). The van der Waals surface area contributed by atoms with Crippen LogP contribution in [0.15, 0.2) is 23.7 Å². The van der Waals surface area contributed by atoms with Gasteiger partial charge in [-0.15, -0.1) is 0 Å². The van der Waals surface area contributed by atoms with E-state index in [1.165, 1.54) is 6.33 Å². The molecule has 4 heterocycles. The predicted molar refractivity (Wildman–Crippen MR) is 85.9 cm³/mol. The maximum atomic E-state index is 14.7. The zero-order chi connectivity index (χ0) is 16.5. The monoisotopic (exact) mass is 331 g/mol. The van der Waals surface area contributed by atoms with Crippen molar-refractivity contribution >= 4 is 23.6 Å². The third kappa shape index (κ3) is 2.59. The van der Waals surface area contributed by atoms with Gasteiger partial charge >= 0.3 is 0 Å². The van der Waals surface area contributed by atoms with Crippen LogP contribution in [0.1, 0.15) is 6.42 Å². The summed E-state index contributed by atoms with van der Waals surface area (Å²) in [5, 5.41) is 4.07. The largest absolute Gasteiger partial charge is 0.351 e. The van der Waals surface area contributed by atoms with Crippen LogP contribution in [0.2, 0.25) is 0 Å². The molecule has 2 aliphatic heterocycles. The topological polar surface area (TPSA) is 79.0 Å². The van der Waals surface area contributed by atoms with Gasteiger partial charge < -0.3 is 9.80 Å². The number of hydrogen-bond acceptors (Lipinski definition) is 6. The molecule has 24 heavy (non-hydrogen) atoms. The van der Waals surface area contributed by atoms with Crippen molar-refractivity contribution in [1.29, 1.82) is 0 Å². The molecule has 9 heteroatoms. The minimum absolute atomic E-state index is 0.109. The van der Waals surface area contributed by atoms with Gasteiger partial charge in [0.2, 0.25) is 5.91 Å². The van der Waals surface area contributed by atoms with Gasteiger partial charge in [-0.2, -0.15) is 5.10 Å². The van der Waals surface area contributed by atoms with Gasteiger partial charge in [0.25, 0.3) is 0 Å². The highest BCUT2D eigenvalue weighted by Gasteiger charge is 2.37. The zero-order valence-corrected chi connectivity index (χ0v) is 13.1. The Kier molecular flexibility index (Phi) is 3.83. The molecule has 2 aromatic rings. The molecule has 1 fully saturated rings. The summed E-state index contributed by atoms with van der Waals surface area (Å²) in [5.74, 6) is -0.0963. The molecule has 0 saturated carbocycles. The second kappa shape index (κ2) is 6.14. The Labute approximate surface area is 138 Å². The smallest absolute Gasteiger partial charge is 0.229 e. The Bertz CT molecular complexity index is 776. The van der Waals surface area contributed by atoms with Gasteiger partial charge in [0.05, 0.1) is 25.6 Å². The van der Waals surface area contributed by atoms with E-state index in [2.05, 4.69) is 20.1 Å². The third-order valence-corrected chi connectivity index (χ3v) is 4.58. The van der Waals surface area contributed by atoms with Gasteiger partial charge in [-0.1, -0.05) is 0 Å². The van der Waals surface area contributed by atoms with Gasteiger partial charge in [0.15, 0.2) is 11.5 Å². The number of hydrogen-bond donors (Lipinski definition) is 0. The fourth-order valence-corrected chi connectivity index (χ4v) is 3.29. The van der Waals surface area contributed by atoms with E-state index in [4.69, 9.17) is 0 Å². The first kappa shape index (κ1) is 15.0. The Balaban J connectivity index is 1.49. The molecule has 0 aliphatic carbocycles. The van der Waals surface area contributed by atoms with Crippen molar-refractivity contribution in [3.05, 3.63) is 18.7 Å². The standard InChI is InChI=1S/C15H18FN7O/c16-12-9-22(13-14-19-10-20-23(14)8-4-18-13)5-1-11(12)15(24)21-6-2-17-3-7-21/h2,4,8,10-12H,1,3,5-7,9H2/t11-,12-/m0/s1. The Morgan fingerprint density at radius 1 is 1.29 bits per heavy atom. The molecule has 126 valence electrons. The molecule has 1 saturated heterocycles. The summed E-state index contributed by atoms with van der Waals surface area (Å²) in [7, 11) is 0. The minimum Gasteiger partial charge on any atom is -0.351 e. The predicted octanol–water partition coefficient (Wildman–Crippen LogP) is 0.202. The molecular weight excluding hydrogens is 313 g/mol. The van der Waals surface area contributed by atoms with E-state index in [1.807, 2.05) is 4.90 Å². The summed E-state index contributed by atoms with van der Waals surface area (Å²) >= 11 is 0. The molecule has 0 bridgehead atoms. The number of fused-ring (bicyclic) bond motifs is 1. The number of rotatable bonds is 2. The van der Waals surface area contributed by atoms with Crippen LogP contribution >= 0.6 is 0 Å². The van der Waals surface area contributed by atoms with Crippen LogP contribution in [0.3, 0.4) is 0 Å². The number of amides is 1. The highest BCUT2D eigenvalue weighted by atomic mass is 19.1. The quantitative estimate of drug-likeness (QED) is 0.786. The zero-order valence-electron chi connectivity index (χ0n) is 13.1. The van der Waals surface area contributed by atoms with Gasteiger partial charge in [-0.25, -0.2) is 18.9 Å². The highest BCUT2D eigenvalue weighted by molar-refractivity contribution is 5.83. The molecule has 0 spiro atoms. The second-order valence-electron chi connectivity index (χ2n) is 6.01. The van der Waals surface area contributed by atoms with E-state index < -0.39 is 12.1 Å². The Morgan fingerprint density at radius 2 is 2.21 bits per heavy atom. The van der Waals surface area contributed by atoms with Gasteiger partial charge in [0.1, 0.15) is 12.5 Å². The fraction of sp³-hybridized carbons (Fsp3) is 0.533. The Hall–Kier alpha value is -2.58. The van der Waals surface area contributed by atoms with E-state index in [0.29, 0.717) is 44.1 Å². The maximum absolute atomic E-state index is 14.7. The number of piperidine rings is 1. The van der Waals surface area contributed by atoms with Crippen molar-refractivity contribution in [2.75, 3.05) is 37.6 Å². The first-order chi connectivity index (χ1) is 11.7. The van der Waals surface area contributed by atoms with Crippen LogP contribution in [0, 0.1) is 5.92 Å². The first-order valence-corrected chi connectivity index (χ1v) is 8.04. The van der Waals surface area contributed by atoms with Gasteiger partial charge in [-0.05, 0) is 6.42 Å². The summed E-state index contributed by atoms with van der Waals surface area (Å²) in [5.41, 5.74) is 0.599. The molecule has 2 atom stereocenters. The Morgan fingerprint density at radius 3 is 3.00 bits per heavy atom. The average Bonchev–Trinajstić information content (AvgIpc) is 3.10. The lowest BCUT2D eigenvalue weighted by atomic mass is 9.93. The molecule has 0 aromatic carbocycles. The fourth-order valence-electron chi connectivity index (χ4n) is 3.29. The summed E-state index contributed by atoms with van der Waals surface area (Å²) in [6.45, 7) is 2.35.